The quantitative estimate of drug-likeness (QED) is 0.393. The molecule has 0 aromatic heterocycles. The molecule has 2 saturated carbocycles. The van der Waals surface area contributed by atoms with Gasteiger partial charge >= 0.3 is 0 Å². The fourth-order valence-corrected chi connectivity index (χ4v) is 4.95. The highest BCUT2D eigenvalue weighted by Gasteiger charge is 2.30. The van der Waals surface area contributed by atoms with Gasteiger partial charge in [-0.15, -0.1) is 0 Å². The molecule has 2 fully saturated rings. The van der Waals surface area contributed by atoms with E-state index in [0.717, 1.165) is 25.3 Å². The van der Waals surface area contributed by atoms with E-state index in [1.165, 1.54) is 64.2 Å². The first kappa shape index (κ1) is 23.2. The van der Waals surface area contributed by atoms with Crippen molar-refractivity contribution < 1.29 is 9.90 Å². The van der Waals surface area contributed by atoms with Gasteiger partial charge in [-0.2, -0.15) is 0 Å². The van der Waals surface area contributed by atoms with E-state index >= 15 is 0 Å². The molecule has 0 bridgehead atoms. The summed E-state index contributed by atoms with van der Waals surface area (Å²) < 4.78 is 0. The molecule has 2 rings (SSSR count). The number of aliphatic hydroxyl groups is 1. The molecule has 0 aromatic carbocycles. The number of carbonyl (C=O) groups excluding carboxylic acids is 1. The van der Waals surface area contributed by atoms with Crippen LogP contribution >= 0.6 is 0 Å². The van der Waals surface area contributed by atoms with Crippen LogP contribution in [0, 0.1) is 23.2 Å². The number of hydrogen-bond donors (Lipinski definition) is 3. The molecule has 28 heavy (non-hydrogen) atoms. The fourth-order valence-electron chi connectivity index (χ4n) is 4.95. The van der Waals surface area contributed by atoms with Crippen LogP contribution in [0.4, 0.5) is 0 Å². The maximum absolute atomic E-state index is 13.0. The van der Waals surface area contributed by atoms with Gasteiger partial charge in [-0.3, -0.25) is 15.1 Å². The first-order valence-corrected chi connectivity index (χ1v) is 11.8. The highest BCUT2D eigenvalue weighted by atomic mass is 16.3. The highest BCUT2D eigenvalue weighted by molar-refractivity contribution is 5.96. The molecular formula is C23H43N3O2. The van der Waals surface area contributed by atoms with Gasteiger partial charge in [0.2, 0.25) is 5.91 Å². The molecule has 0 aliphatic heterocycles. The Morgan fingerprint density at radius 1 is 1.00 bits per heavy atom. The number of nitrogens with zero attached hydrogens (tertiary/aromatic N) is 1. The normalized spacial score (nSPS) is 20.1. The van der Waals surface area contributed by atoms with Crippen molar-refractivity contribution in [2.75, 3.05) is 13.2 Å². The van der Waals surface area contributed by atoms with Crippen molar-refractivity contribution in [2.24, 2.45) is 17.8 Å². The smallest absolute Gasteiger partial charge is 0.229 e. The van der Waals surface area contributed by atoms with Gasteiger partial charge in [0.15, 0.2) is 5.96 Å². The SMILES string of the molecule is CC(C)C(CO)N(C(=N)NCCC1CCCCC1)C(=O)CCC1CCCCC1. The second-order valence-electron chi connectivity index (χ2n) is 9.37. The number of carbonyl (C=O) groups is 1. The van der Waals surface area contributed by atoms with Crippen LogP contribution in [0.1, 0.15) is 97.3 Å². The molecule has 0 saturated heterocycles. The van der Waals surface area contributed by atoms with Gasteiger partial charge in [-0.05, 0) is 30.6 Å². The Kier molecular flexibility index (Phi) is 10.3. The van der Waals surface area contributed by atoms with E-state index in [2.05, 4.69) is 5.32 Å². The highest BCUT2D eigenvalue weighted by Crippen LogP contribution is 2.28. The molecule has 5 heteroatoms. The second-order valence-corrected chi connectivity index (χ2v) is 9.37. The molecule has 1 unspecified atom stereocenters. The number of rotatable bonds is 9. The molecule has 1 atom stereocenters. The third-order valence-corrected chi connectivity index (χ3v) is 6.86. The molecular weight excluding hydrogens is 350 g/mol. The van der Waals surface area contributed by atoms with Gasteiger partial charge in [0, 0.05) is 13.0 Å². The number of amides is 1. The lowest BCUT2D eigenvalue weighted by atomic mass is 9.86. The zero-order valence-corrected chi connectivity index (χ0v) is 18.2. The Balaban J connectivity index is 1.88. The molecule has 0 spiro atoms. The molecule has 0 radical (unpaired) electrons. The van der Waals surface area contributed by atoms with E-state index in [4.69, 9.17) is 5.41 Å². The summed E-state index contributed by atoms with van der Waals surface area (Å²) in [4.78, 5) is 14.6. The fraction of sp³-hybridized carbons (Fsp3) is 0.913. The summed E-state index contributed by atoms with van der Waals surface area (Å²) in [5, 5.41) is 21.6. The van der Waals surface area contributed by atoms with Crippen LogP contribution in [0.25, 0.3) is 0 Å². The summed E-state index contributed by atoms with van der Waals surface area (Å²) in [5.74, 6) is 1.69. The van der Waals surface area contributed by atoms with Gasteiger partial charge in [0.1, 0.15) is 0 Å². The number of aliphatic hydroxyl groups excluding tert-OH is 1. The lowest BCUT2D eigenvalue weighted by molar-refractivity contribution is -0.131. The number of hydrogen-bond acceptors (Lipinski definition) is 3. The summed E-state index contributed by atoms with van der Waals surface area (Å²) in [6.45, 7) is 4.67. The third-order valence-electron chi connectivity index (χ3n) is 6.86. The topological polar surface area (TPSA) is 76.4 Å². The van der Waals surface area contributed by atoms with Gasteiger partial charge < -0.3 is 10.4 Å². The Bertz CT molecular complexity index is 468. The molecule has 2 aliphatic rings. The maximum Gasteiger partial charge on any atom is 0.229 e. The van der Waals surface area contributed by atoms with Crippen molar-refractivity contribution in [3.8, 4) is 0 Å². The number of nitrogens with one attached hydrogen (secondary N) is 2. The average molecular weight is 394 g/mol. The Hall–Kier alpha value is -1.10. The first-order valence-electron chi connectivity index (χ1n) is 11.8. The van der Waals surface area contributed by atoms with E-state index in [1.807, 2.05) is 13.8 Å². The molecule has 2 aliphatic carbocycles. The first-order chi connectivity index (χ1) is 13.5. The van der Waals surface area contributed by atoms with Crippen molar-refractivity contribution in [2.45, 2.75) is 103 Å². The van der Waals surface area contributed by atoms with Crippen LogP contribution in [0.3, 0.4) is 0 Å². The summed E-state index contributed by atoms with van der Waals surface area (Å²) in [7, 11) is 0. The summed E-state index contributed by atoms with van der Waals surface area (Å²) in [6.07, 6.45) is 15.4. The molecule has 5 nitrogen and oxygen atoms in total. The van der Waals surface area contributed by atoms with Gasteiger partial charge in [-0.25, -0.2) is 0 Å². The van der Waals surface area contributed by atoms with Crippen molar-refractivity contribution in [3.63, 3.8) is 0 Å². The van der Waals surface area contributed by atoms with E-state index in [1.54, 1.807) is 4.90 Å². The average Bonchev–Trinajstić information content (AvgIpc) is 2.71. The van der Waals surface area contributed by atoms with E-state index in [-0.39, 0.29) is 30.4 Å². The Labute approximate surface area is 172 Å². The van der Waals surface area contributed by atoms with Gasteiger partial charge in [0.05, 0.1) is 12.6 Å². The van der Waals surface area contributed by atoms with Crippen LogP contribution in [0.5, 0.6) is 0 Å². The van der Waals surface area contributed by atoms with Gasteiger partial charge in [0.25, 0.3) is 0 Å². The van der Waals surface area contributed by atoms with E-state index < -0.39 is 0 Å². The van der Waals surface area contributed by atoms with Crippen molar-refractivity contribution >= 4 is 11.9 Å². The van der Waals surface area contributed by atoms with Crippen LogP contribution in [0.15, 0.2) is 0 Å². The summed E-state index contributed by atoms with van der Waals surface area (Å²) in [6, 6.07) is -0.325. The summed E-state index contributed by atoms with van der Waals surface area (Å²) >= 11 is 0. The monoisotopic (exact) mass is 393 g/mol. The molecule has 1 amide bonds. The standard InChI is InChI=1S/C23H43N3O2/c1-18(2)21(17-27)26(22(28)14-13-19-9-5-3-6-10-19)23(24)25-16-15-20-11-7-4-8-12-20/h18-21,27H,3-17H2,1-2H3,(H2,24,25). The van der Waals surface area contributed by atoms with Crippen molar-refractivity contribution in [1.82, 2.24) is 10.2 Å². The largest absolute Gasteiger partial charge is 0.394 e. The zero-order valence-electron chi connectivity index (χ0n) is 18.2. The van der Waals surface area contributed by atoms with Crippen molar-refractivity contribution in [3.05, 3.63) is 0 Å². The van der Waals surface area contributed by atoms with Crippen LogP contribution in [-0.2, 0) is 4.79 Å². The molecule has 0 aromatic rings. The lowest BCUT2D eigenvalue weighted by Crippen LogP contribution is -2.53. The second kappa shape index (κ2) is 12.5. The lowest BCUT2D eigenvalue weighted by Gasteiger charge is -2.34. The van der Waals surface area contributed by atoms with E-state index in [9.17, 15) is 9.90 Å². The third kappa shape index (κ3) is 7.38. The summed E-state index contributed by atoms with van der Waals surface area (Å²) in [5.41, 5.74) is 0. The predicted octanol–water partition coefficient (Wildman–Crippen LogP) is 4.69. The minimum absolute atomic E-state index is 0.00603. The molecule has 162 valence electrons. The van der Waals surface area contributed by atoms with Crippen molar-refractivity contribution in [1.29, 1.82) is 5.41 Å². The minimum atomic E-state index is -0.325. The van der Waals surface area contributed by atoms with E-state index in [0.29, 0.717) is 12.3 Å². The zero-order chi connectivity index (χ0) is 20.4. The molecule has 3 N–H and O–H groups in total. The maximum atomic E-state index is 13.0. The minimum Gasteiger partial charge on any atom is -0.394 e. The molecule has 0 heterocycles. The Morgan fingerprint density at radius 3 is 2.04 bits per heavy atom. The number of guanidine groups is 1. The van der Waals surface area contributed by atoms with Gasteiger partial charge in [-0.1, -0.05) is 78.1 Å². The van der Waals surface area contributed by atoms with Crippen LogP contribution in [0.2, 0.25) is 0 Å². The van der Waals surface area contributed by atoms with Crippen LogP contribution in [-0.4, -0.2) is 41.1 Å². The van der Waals surface area contributed by atoms with Crippen LogP contribution < -0.4 is 5.32 Å². The Morgan fingerprint density at radius 2 is 1.54 bits per heavy atom. The predicted molar refractivity (Wildman–Crippen MR) is 115 cm³/mol.